The van der Waals surface area contributed by atoms with E-state index >= 15 is 0 Å². The van der Waals surface area contributed by atoms with Gasteiger partial charge in [-0.15, -0.1) is 10.2 Å². The van der Waals surface area contributed by atoms with Crippen LogP contribution in [0.15, 0.2) is 97.3 Å². The molecule has 3 aromatic heterocycles. The van der Waals surface area contributed by atoms with Crippen molar-refractivity contribution in [2.24, 2.45) is 0 Å². The average molecular weight is 464 g/mol. The molecule has 7 heteroatoms. The van der Waals surface area contributed by atoms with Crippen LogP contribution in [0.1, 0.15) is 0 Å². The first-order valence-electron chi connectivity index (χ1n) is 10.7. The number of hydrogen-bond acceptors (Lipinski definition) is 5. The Kier molecular flexibility index (Phi) is 5.05. The van der Waals surface area contributed by atoms with Crippen LogP contribution < -0.4 is 10.1 Å². The van der Waals surface area contributed by atoms with Crippen molar-refractivity contribution >= 4 is 44.9 Å². The van der Waals surface area contributed by atoms with Gasteiger partial charge in [-0.25, -0.2) is 4.98 Å². The van der Waals surface area contributed by atoms with E-state index in [0.717, 1.165) is 50.2 Å². The van der Waals surface area contributed by atoms with E-state index in [1.54, 1.807) is 6.20 Å². The Bertz CT molecular complexity index is 1610. The maximum Gasteiger partial charge on any atom is 0.161 e. The first-order valence-corrected chi connectivity index (χ1v) is 11.1. The van der Waals surface area contributed by atoms with Gasteiger partial charge in [0.05, 0.1) is 5.39 Å². The number of anilines is 2. The monoisotopic (exact) mass is 463 g/mol. The molecule has 0 aliphatic carbocycles. The molecule has 0 spiro atoms. The van der Waals surface area contributed by atoms with E-state index in [4.69, 9.17) is 16.3 Å². The van der Waals surface area contributed by atoms with Crippen LogP contribution in [0.25, 0.3) is 33.1 Å². The van der Waals surface area contributed by atoms with E-state index in [1.807, 2.05) is 91.1 Å². The number of fused-ring (bicyclic) bond motifs is 2. The van der Waals surface area contributed by atoms with Crippen molar-refractivity contribution in [3.8, 4) is 22.8 Å². The SMILES string of the molecule is Clc1ccc(-c2nnc(Nc3ccc(Oc4ccnc5[nH]ccc45)cc3)c3ccccc23)cc1. The number of halogens is 1. The predicted octanol–water partition coefficient (Wildman–Crippen LogP) is 7.36. The summed E-state index contributed by atoms with van der Waals surface area (Å²) < 4.78 is 6.07. The Morgan fingerprint density at radius 2 is 1.56 bits per heavy atom. The molecule has 0 atom stereocenters. The number of benzene rings is 3. The molecule has 3 aromatic carbocycles. The topological polar surface area (TPSA) is 75.7 Å². The molecular formula is C27H18ClN5O. The predicted molar refractivity (Wildman–Crippen MR) is 136 cm³/mol. The summed E-state index contributed by atoms with van der Waals surface area (Å²) in [5, 5.41) is 16.0. The second kappa shape index (κ2) is 8.50. The van der Waals surface area contributed by atoms with Gasteiger partial charge in [0, 0.05) is 39.4 Å². The Labute approximate surface area is 200 Å². The van der Waals surface area contributed by atoms with Crippen molar-refractivity contribution in [1.29, 1.82) is 0 Å². The first-order chi connectivity index (χ1) is 16.7. The number of pyridine rings is 1. The Morgan fingerprint density at radius 1 is 0.765 bits per heavy atom. The first kappa shape index (κ1) is 20.2. The van der Waals surface area contributed by atoms with E-state index in [1.165, 1.54) is 0 Å². The molecule has 0 saturated heterocycles. The lowest BCUT2D eigenvalue weighted by atomic mass is 10.0. The van der Waals surface area contributed by atoms with Crippen LogP contribution >= 0.6 is 11.6 Å². The highest BCUT2D eigenvalue weighted by atomic mass is 35.5. The number of nitrogens with one attached hydrogen (secondary N) is 2. The fraction of sp³-hybridized carbons (Fsp3) is 0. The third-order valence-corrected chi connectivity index (χ3v) is 5.82. The fourth-order valence-corrected chi connectivity index (χ4v) is 4.04. The van der Waals surface area contributed by atoms with Gasteiger partial charge in [-0.05, 0) is 48.5 Å². The molecule has 6 rings (SSSR count). The van der Waals surface area contributed by atoms with Crippen LogP contribution in [0, 0.1) is 0 Å². The lowest BCUT2D eigenvalue weighted by Crippen LogP contribution is -1.99. The molecule has 2 N–H and O–H groups in total. The molecule has 164 valence electrons. The minimum absolute atomic E-state index is 0.685. The second-order valence-corrected chi connectivity index (χ2v) is 8.19. The lowest BCUT2D eigenvalue weighted by Gasteiger charge is -2.12. The summed E-state index contributed by atoms with van der Waals surface area (Å²) >= 11 is 6.05. The Balaban J connectivity index is 1.28. The Morgan fingerprint density at radius 3 is 2.38 bits per heavy atom. The molecule has 0 bridgehead atoms. The smallest absolute Gasteiger partial charge is 0.161 e. The maximum atomic E-state index is 6.07. The van der Waals surface area contributed by atoms with Crippen LogP contribution in [0.4, 0.5) is 11.5 Å². The minimum Gasteiger partial charge on any atom is -0.457 e. The zero-order valence-corrected chi connectivity index (χ0v) is 18.6. The van der Waals surface area contributed by atoms with Crippen molar-refractivity contribution in [1.82, 2.24) is 20.2 Å². The van der Waals surface area contributed by atoms with Gasteiger partial charge in [0.1, 0.15) is 22.8 Å². The van der Waals surface area contributed by atoms with E-state index in [9.17, 15) is 0 Å². The van der Waals surface area contributed by atoms with Crippen molar-refractivity contribution in [3.63, 3.8) is 0 Å². The van der Waals surface area contributed by atoms with Gasteiger partial charge in [-0.3, -0.25) is 0 Å². The number of ether oxygens (including phenoxy) is 1. The van der Waals surface area contributed by atoms with Gasteiger partial charge in [0.15, 0.2) is 5.82 Å². The molecule has 6 nitrogen and oxygen atoms in total. The van der Waals surface area contributed by atoms with Gasteiger partial charge in [-0.1, -0.05) is 48.0 Å². The van der Waals surface area contributed by atoms with Crippen molar-refractivity contribution in [2.75, 3.05) is 5.32 Å². The number of aromatic nitrogens is 4. The summed E-state index contributed by atoms with van der Waals surface area (Å²) in [6, 6.07) is 27.2. The fourth-order valence-electron chi connectivity index (χ4n) is 3.91. The van der Waals surface area contributed by atoms with Crippen LogP contribution in [0.2, 0.25) is 5.02 Å². The van der Waals surface area contributed by atoms with Crippen molar-refractivity contribution in [2.45, 2.75) is 0 Å². The number of nitrogens with zero attached hydrogens (tertiary/aromatic N) is 3. The maximum absolute atomic E-state index is 6.07. The molecule has 6 aromatic rings. The van der Waals surface area contributed by atoms with Gasteiger partial charge in [0.2, 0.25) is 0 Å². The summed E-state index contributed by atoms with van der Waals surface area (Å²) in [5.41, 5.74) is 3.46. The summed E-state index contributed by atoms with van der Waals surface area (Å²) in [7, 11) is 0. The number of hydrogen-bond donors (Lipinski definition) is 2. The molecule has 0 aliphatic rings. The van der Waals surface area contributed by atoms with Crippen molar-refractivity contribution < 1.29 is 4.74 Å². The largest absolute Gasteiger partial charge is 0.457 e. The van der Waals surface area contributed by atoms with Gasteiger partial charge < -0.3 is 15.0 Å². The molecule has 0 aliphatic heterocycles. The second-order valence-electron chi connectivity index (χ2n) is 7.75. The summed E-state index contributed by atoms with van der Waals surface area (Å²) in [4.78, 5) is 7.39. The third-order valence-electron chi connectivity index (χ3n) is 5.57. The summed E-state index contributed by atoms with van der Waals surface area (Å²) in [6.07, 6.45) is 3.57. The Hall–Kier alpha value is -4.42. The highest BCUT2D eigenvalue weighted by Crippen LogP contribution is 2.33. The molecule has 3 heterocycles. The highest BCUT2D eigenvalue weighted by molar-refractivity contribution is 6.30. The van der Waals surface area contributed by atoms with Crippen LogP contribution in [0.3, 0.4) is 0 Å². The van der Waals surface area contributed by atoms with Crippen molar-refractivity contribution in [3.05, 3.63) is 102 Å². The van der Waals surface area contributed by atoms with Crippen LogP contribution in [-0.2, 0) is 0 Å². The quantitative estimate of drug-likeness (QED) is 0.279. The number of rotatable bonds is 5. The highest BCUT2D eigenvalue weighted by Gasteiger charge is 2.12. The lowest BCUT2D eigenvalue weighted by molar-refractivity contribution is 0.488. The van der Waals surface area contributed by atoms with E-state index in [0.29, 0.717) is 10.8 Å². The van der Waals surface area contributed by atoms with Gasteiger partial charge in [-0.2, -0.15) is 0 Å². The van der Waals surface area contributed by atoms with Gasteiger partial charge >= 0.3 is 0 Å². The molecule has 0 fully saturated rings. The normalized spacial score (nSPS) is 11.1. The molecule has 0 unspecified atom stereocenters. The van der Waals surface area contributed by atoms with Gasteiger partial charge in [0.25, 0.3) is 0 Å². The van der Waals surface area contributed by atoms with E-state index in [2.05, 4.69) is 25.5 Å². The van der Waals surface area contributed by atoms with Crippen LogP contribution in [-0.4, -0.2) is 20.2 Å². The minimum atomic E-state index is 0.685. The van der Waals surface area contributed by atoms with Crippen LogP contribution in [0.5, 0.6) is 11.5 Å². The summed E-state index contributed by atoms with van der Waals surface area (Å²) in [6.45, 7) is 0. The molecule has 0 amide bonds. The van der Waals surface area contributed by atoms with E-state index in [-0.39, 0.29) is 0 Å². The average Bonchev–Trinajstić information content (AvgIpc) is 3.36. The summed E-state index contributed by atoms with van der Waals surface area (Å²) in [5.74, 6) is 2.17. The number of aromatic amines is 1. The molecule has 34 heavy (non-hydrogen) atoms. The third kappa shape index (κ3) is 3.80. The molecule has 0 radical (unpaired) electrons. The molecular weight excluding hydrogens is 446 g/mol. The standard InChI is InChI=1S/C27H18ClN5O/c28-18-7-5-17(6-8-18)25-21-3-1-2-4-22(21)27(33-32-25)31-19-9-11-20(12-10-19)34-24-14-16-30-26-23(24)13-15-29-26/h1-16H,(H,29,30)(H,31,33). The van der Waals surface area contributed by atoms with E-state index < -0.39 is 0 Å². The zero-order chi connectivity index (χ0) is 22.9. The number of H-pyrrole nitrogens is 1. The zero-order valence-electron chi connectivity index (χ0n) is 17.9. The molecule has 0 saturated carbocycles.